The van der Waals surface area contributed by atoms with Gasteiger partial charge in [0.1, 0.15) is 0 Å². The second kappa shape index (κ2) is 4.93. The summed E-state index contributed by atoms with van der Waals surface area (Å²) in [5.41, 5.74) is 3.17. The molecule has 1 aromatic carbocycles. The number of amides is 1. The Balaban J connectivity index is 1.64. The van der Waals surface area contributed by atoms with E-state index in [0.29, 0.717) is 17.4 Å². The van der Waals surface area contributed by atoms with Gasteiger partial charge in [-0.05, 0) is 17.2 Å². The molecule has 106 valence electrons. The first-order chi connectivity index (χ1) is 10.3. The van der Waals surface area contributed by atoms with E-state index in [0.717, 1.165) is 13.1 Å². The van der Waals surface area contributed by atoms with Crippen LogP contribution in [0.4, 0.5) is 0 Å². The lowest BCUT2D eigenvalue weighted by atomic mass is 9.94. The molecule has 2 N–H and O–H groups in total. The third kappa shape index (κ3) is 2.01. The second-order valence-electron chi connectivity index (χ2n) is 5.64. The Bertz CT molecular complexity index is 673. The molecule has 5 heteroatoms. The quantitative estimate of drug-likeness (QED) is 0.869. The Morgan fingerprint density at radius 1 is 1.14 bits per heavy atom. The van der Waals surface area contributed by atoms with E-state index in [1.807, 2.05) is 6.07 Å². The number of carbonyl (C=O) groups excluding carboxylic acids is 1. The van der Waals surface area contributed by atoms with Crippen LogP contribution >= 0.6 is 0 Å². The molecule has 5 nitrogen and oxygen atoms in total. The van der Waals surface area contributed by atoms with E-state index in [1.54, 1.807) is 6.07 Å². The van der Waals surface area contributed by atoms with E-state index < -0.39 is 0 Å². The van der Waals surface area contributed by atoms with Gasteiger partial charge in [0.05, 0.1) is 24.0 Å². The molecule has 0 saturated carbocycles. The van der Waals surface area contributed by atoms with Crippen LogP contribution in [-0.4, -0.2) is 29.2 Å². The number of hydrogen-bond acceptors (Lipinski definition) is 4. The summed E-state index contributed by atoms with van der Waals surface area (Å²) in [5, 5.41) is 14.1. The molecular weight excluding hydrogens is 264 g/mol. The maximum Gasteiger partial charge on any atom is 0.253 e. The first-order valence-electron chi connectivity index (χ1n) is 7.21. The number of nitrogens with zero attached hydrogens (tertiary/aromatic N) is 2. The molecule has 4 rings (SSSR count). The third-order valence-electron chi connectivity index (χ3n) is 4.55. The van der Waals surface area contributed by atoms with Crippen LogP contribution in [0.1, 0.15) is 33.4 Å². The van der Waals surface area contributed by atoms with Gasteiger partial charge < -0.3 is 10.6 Å². The average molecular weight is 280 g/mol. The standard InChI is InChI=1S/C16H16N4O/c21-16(10-5-6-18-19-7-10)20-15-12-4-2-1-3-11(12)13-8-17-9-14(13)15/h1-7,13-15,17H,8-9H2,(H,20,21)/t13-,14-,15-/m0/s1. The van der Waals surface area contributed by atoms with E-state index in [2.05, 4.69) is 39.0 Å². The van der Waals surface area contributed by atoms with Crippen molar-refractivity contribution >= 4 is 5.91 Å². The normalized spacial score (nSPS) is 26.2. The van der Waals surface area contributed by atoms with Crippen LogP contribution in [0.3, 0.4) is 0 Å². The lowest BCUT2D eigenvalue weighted by Gasteiger charge is -2.20. The molecule has 0 radical (unpaired) electrons. The minimum Gasteiger partial charge on any atom is -0.345 e. The number of nitrogens with one attached hydrogen (secondary N) is 2. The van der Waals surface area contributed by atoms with Crippen molar-refractivity contribution in [2.24, 2.45) is 5.92 Å². The molecule has 3 atom stereocenters. The van der Waals surface area contributed by atoms with Gasteiger partial charge in [0.15, 0.2) is 0 Å². The first-order valence-corrected chi connectivity index (χ1v) is 7.21. The topological polar surface area (TPSA) is 66.9 Å². The van der Waals surface area contributed by atoms with Gasteiger partial charge in [-0.15, -0.1) is 0 Å². The predicted octanol–water partition coefficient (Wildman–Crippen LogP) is 1.26. The number of hydrogen-bond donors (Lipinski definition) is 2. The molecule has 1 fully saturated rings. The maximum atomic E-state index is 12.4. The van der Waals surface area contributed by atoms with E-state index in [9.17, 15) is 4.79 Å². The fourth-order valence-corrected chi connectivity index (χ4v) is 3.59. The van der Waals surface area contributed by atoms with Gasteiger partial charge in [-0.1, -0.05) is 24.3 Å². The van der Waals surface area contributed by atoms with Crippen LogP contribution in [-0.2, 0) is 0 Å². The summed E-state index contributed by atoms with van der Waals surface area (Å²) in [6.07, 6.45) is 3.04. The molecule has 1 aliphatic carbocycles. The van der Waals surface area contributed by atoms with Gasteiger partial charge in [0.2, 0.25) is 0 Å². The Morgan fingerprint density at radius 2 is 2.00 bits per heavy atom. The van der Waals surface area contributed by atoms with Crippen LogP contribution < -0.4 is 10.6 Å². The van der Waals surface area contributed by atoms with E-state index in [-0.39, 0.29) is 11.9 Å². The van der Waals surface area contributed by atoms with Crippen LogP contribution in [0.5, 0.6) is 0 Å². The highest BCUT2D eigenvalue weighted by molar-refractivity contribution is 5.94. The molecule has 0 bridgehead atoms. The zero-order valence-corrected chi connectivity index (χ0v) is 11.5. The van der Waals surface area contributed by atoms with Crippen molar-refractivity contribution in [2.45, 2.75) is 12.0 Å². The molecule has 2 heterocycles. The monoisotopic (exact) mass is 280 g/mol. The number of fused-ring (bicyclic) bond motifs is 3. The van der Waals surface area contributed by atoms with Crippen molar-refractivity contribution in [3.05, 3.63) is 59.4 Å². The van der Waals surface area contributed by atoms with E-state index >= 15 is 0 Å². The number of aromatic nitrogens is 2. The summed E-state index contributed by atoms with van der Waals surface area (Å²) in [6.45, 7) is 1.93. The molecule has 2 aromatic rings. The zero-order chi connectivity index (χ0) is 14.2. The van der Waals surface area contributed by atoms with Crippen molar-refractivity contribution in [1.29, 1.82) is 0 Å². The Morgan fingerprint density at radius 3 is 2.81 bits per heavy atom. The summed E-state index contributed by atoms with van der Waals surface area (Å²) in [7, 11) is 0. The summed E-state index contributed by atoms with van der Waals surface area (Å²) in [5.74, 6) is 0.848. The lowest BCUT2D eigenvalue weighted by molar-refractivity contribution is 0.0925. The smallest absolute Gasteiger partial charge is 0.253 e. The van der Waals surface area contributed by atoms with Crippen LogP contribution in [0, 0.1) is 5.92 Å². The summed E-state index contributed by atoms with van der Waals surface area (Å²) < 4.78 is 0. The van der Waals surface area contributed by atoms with Crippen molar-refractivity contribution in [3.63, 3.8) is 0 Å². The molecule has 1 amide bonds. The van der Waals surface area contributed by atoms with Crippen LogP contribution in [0.25, 0.3) is 0 Å². The highest BCUT2D eigenvalue weighted by atomic mass is 16.1. The maximum absolute atomic E-state index is 12.4. The molecule has 2 aliphatic rings. The first kappa shape index (κ1) is 12.5. The summed E-state index contributed by atoms with van der Waals surface area (Å²) in [4.78, 5) is 12.4. The largest absolute Gasteiger partial charge is 0.345 e. The molecule has 1 saturated heterocycles. The Hall–Kier alpha value is -2.27. The average Bonchev–Trinajstić information content (AvgIpc) is 3.11. The SMILES string of the molecule is O=C(N[C@H]1c2ccccc2[C@@H]2CNC[C@@H]21)c1ccnnc1. The van der Waals surface area contributed by atoms with Crippen LogP contribution in [0.15, 0.2) is 42.7 Å². The molecule has 0 unspecified atom stereocenters. The minimum atomic E-state index is -0.0859. The Kier molecular flexibility index (Phi) is 2.93. The molecule has 0 spiro atoms. The van der Waals surface area contributed by atoms with Crippen molar-refractivity contribution in [1.82, 2.24) is 20.8 Å². The summed E-state index contributed by atoms with van der Waals surface area (Å²) >= 11 is 0. The van der Waals surface area contributed by atoms with Gasteiger partial charge in [-0.3, -0.25) is 4.79 Å². The van der Waals surface area contributed by atoms with Gasteiger partial charge in [0, 0.05) is 24.9 Å². The van der Waals surface area contributed by atoms with Gasteiger partial charge in [-0.25, -0.2) is 0 Å². The molecule has 1 aliphatic heterocycles. The molecule has 21 heavy (non-hydrogen) atoms. The van der Waals surface area contributed by atoms with Crippen molar-refractivity contribution < 1.29 is 4.79 Å². The number of rotatable bonds is 2. The third-order valence-corrected chi connectivity index (χ3v) is 4.55. The number of carbonyl (C=O) groups is 1. The zero-order valence-electron chi connectivity index (χ0n) is 11.5. The molecule has 1 aromatic heterocycles. The predicted molar refractivity (Wildman–Crippen MR) is 77.8 cm³/mol. The lowest BCUT2D eigenvalue weighted by Crippen LogP contribution is -2.33. The summed E-state index contributed by atoms with van der Waals surface area (Å²) in [6, 6.07) is 10.2. The number of benzene rings is 1. The van der Waals surface area contributed by atoms with Gasteiger partial charge in [0.25, 0.3) is 5.91 Å². The second-order valence-corrected chi connectivity index (χ2v) is 5.64. The fourth-order valence-electron chi connectivity index (χ4n) is 3.59. The molecular formula is C16H16N4O. The fraction of sp³-hybridized carbons (Fsp3) is 0.312. The van der Waals surface area contributed by atoms with Gasteiger partial charge in [-0.2, -0.15) is 10.2 Å². The highest BCUT2D eigenvalue weighted by Gasteiger charge is 2.43. The highest BCUT2D eigenvalue weighted by Crippen LogP contribution is 2.46. The van der Waals surface area contributed by atoms with Crippen molar-refractivity contribution in [2.75, 3.05) is 13.1 Å². The van der Waals surface area contributed by atoms with Crippen LogP contribution in [0.2, 0.25) is 0 Å². The van der Waals surface area contributed by atoms with E-state index in [4.69, 9.17) is 0 Å². The minimum absolute atomic E-state index is 0.0712. The Labute approximate surface area is 122 Å². The van der Waals surface area contributed by atoms with Gasteiger partial charge >= 0.3 is 0 Å². The van der Waals surface area contributed by atoms with E-state index in [1.165, 1.54) is 23.5 Å². The van der Waals surface area contributed by atoms with Crippen molar-refractivity contribution in [3.8, 4) is 0 Å².